The fourth-order valence-electron chi connectivity index (χ4n) is 1.31. The molecule has 0 aliphatic rings. The summed E-state index contributed by atoms with van der Waals surface area (Å²) in [5.74, 6) is 0. The predicted molar refractivity (Wildman–Crippen MR) is 81.1 cm³/mol. The third-order valence-electron chi connectivity index (χ3n) is 3.81. The van der Waals surface area contributed by atoms with Gasteiger partial charge in [0, 0.05) is 0 Å². The molecule has 0 saturated carbocycles. The van der Waals surface area contributed by atoms with Crippen LogP contribution in [0.2, 0.25) is 18.1 Å². The first-order chi connectivity index (χ1) is 8.17. The van der Waals surface area contributed by atoms with Crippen LogP contribution in [0, 0.1) is 6.92 Å². The van der Waals surface area contributed by atoms with E-state index in [2.05, 4.69) is 58.4 Å². The SMILES string of the molecule is C=Cc1ccc(C)c(CO[Si](C)(C)C(C)(C)C)n1. The monoisotopic (exact) mass is 263 g/mol. The van der Waals surface area contributed by atoms with Gasteiger partial charge in [0.05, 0.1) is 18.0 Å². The summed E-state index contributed by atoms with van der Waals surface area (Å²) in [6.07, 6.45) is 1.77. The highest BCUT2D eigenvalue weighted by Gasteiger charge is 2.37. The Morgan fingerprint density at radius 3 is 2.44 bits per heavy atom. The van der Waals surface area contributed by atoms with Gasteiger partial charge in [-0.2, -0.15) is 0 Å². The Balaban J connectivity index is 2.83. The van der Waals surface area contributed by atoms with Gasteiger partial charge in [-0.1, -0.05) is 33.4 Å². The third-order valence-corrected chi connectivity index (χ3v) is 8.29. The molecule has 0 amide bonds. The maximum atomic E-state index is 6.20. The van der Waals surface area contributed by atoms with Gasteiger partial charge in [0.25, 0.3) is 0 Å². The highest BCUT2D eigenvalue weighted by Crippen LogP contribution is 2.37. The van der Waals surface area contributed by atoms with E-state index in [1.54, 1.807) is 6.08 Å². The molecule has 1 aromatic rings. The minimum atomic E-state index is -1.70. The second kappa shape index (κ2) is 5.37. The van der Waals surface area contributed by atoms with Crippen LogP contribution in [-0.2, 0) is 11.0 Å². The van der Waals surface area contributed by atoms with E-state index in [-0.39, 0.29) is 5.04 Å². The van der Waals surface area contributed by atoms with E-state index < -0.39 is 8.32 Å². The average molecular weight is 263 g/mol. The zero-order valence-electron chi connectivity index (χ0n) is 12.5. The summed E-state index contributed by atoms with van der Waals surface area (Å²) in [4.78, 5) is 4.56. The number of hydrogen-bond acceptors (Lipinski definition) is 2. The predicted octanol–water partition coefficient (Wildman–Crippen LogP) is 4.55. The third kappa shape index (κ3) is 3.53. The molecule has 0 aliphatic carbocycles. The Morgan fingerprint density at radius 2 is 1.94 bits per heavy atom. The van der Waals surface area contributed by atoms with Crippen molar-refractivity contribution in [2.24, 2.45) is 0 Å². The quantitative estimate of drug-likeness (QED) is 0.743. The van der Waals surface area contributed by atoms with E-state index in [4.69, 9.17) is 4.43 Å². The second-order valence-corrected chi connectivity index (χ2v) is 11.1. The van der Waals surface area contributed by atoms with Crippen LogP contribution in [0.15, 0.2) is 18.7 Å². The van der Waals surface area contributed by atoms with Gasteiger partial charge < -0.3 is 4.43 Å². The second-order valence-electron chi connectivity index (χ2n) is 6.25. The standard InChI is InChI=1S/C15H25NOSi/c1-8-13-10-9-12(2)14(16-13)11-17-18(6,7)15(3,4)5/h8-10H,1,11H2,2-7H3. The van der Waals surface area contributed by atoms with Crippen molar-refractivity contribution in [3.05, 3.63) is 35.7 Å². The maximum Gasteiger partial charge on any atom is 0.192 e. The van der Waals surface area contributed by atoms with Gasteiger partial charge in [0.1, 0.15) is 0 Å². The van der Waals surface area contributed by atoms with Crippen molar-refractivity contribution >= 4 is 14.4 Å². The number of nitrogens with zero attached hydrogens (tertiary/aromatic N) is 1. The Bertz CT molecular complexity index is 433. The first kappa shape index (κ1) is 15.1. The summed E-state index contributed by atoms with van der Waals surface area (Å²) in [7, 11) is -1.70. The van der Waals surface area contributed by atoms with Crippen molar-refractivity contribution in [3.8, 4) is 0 Å². The van der Waals surface area contributed by atoms with Gasteiger partial charge in [-0.15, -0.1) is 0 Å². The van der Waals surface area contributed by atoms with E-state index in [1.165, 1.54) is 5.56 Å². The van der Waals surface area contributed by atoms with Crippen molar-refractivity contribution in [2.75, 3.05) is 0 Å². The molecule has 0 saturated heterocycles. The average Bonchev–Trinajstić information content (AvgIpc) is 2.26. The molecule has 0 radical (unpaired) electrons. The Kier molecular flexibility index (Phi) is 4.51. The van der Waals surface area contributed by atoms with Gasteiger partial charge in [0.15, 0.2) is 8.32 Å². The summed E-state index contributed by atoms with van der Waals surface area (Å²) in [6.45, 7) is 17.7. The van der Waals surface area contributed by atoms with Gasteiger partial charge >= 0.3 is 0 Å². The van der Waals surface area contributed by atoms with Crippen LogP contribution in [0.3, 0.4) is 0 Å². The van der Waals surface area contributed by atoms with E-state index in [0.29, 0.717) is 6.61 Å². The molecule has 1 aromatic heterocycles. The zero-order valence-corrected chi connectivity index (χ0v) is 13.5. The molecule has 18 heavy (non-hydrogen) atoms. The van der Waals surface area contributed by atoms with Crippen LogP contribution in [0.5, 0.6) is 0 Å². The van der Waals surface area contributed by atoms with Crippen LogP contribution in [0.25, 0.3) is 6.08 Å². The fourth-order valence-corrected chi connectivity index (χ4v) is 2.24. The summed E-state index contributed by atoms with van der Waals surface area (Å²) < 4.78 is 6.20. The molecule has 0 aromatic carbocycles. The van der Waals surface area contributed by atoms with Crippen molar-refractivity contribution in [1.82, 2.24) is 4.98 Å². The summed E-state index contributed by atoms with van der Waals surface area (Å²) in [5, 5.41) is 0.233. The minimum absolute atomic E-state index is 0.233. The lowest BCUT2D eigenvalue weighted by Crippen LogP contribution is -2.40. The Labute approximate surface area is 112 Å². The molecular formula is C15H25NOSi. The van der Waals surface area contributed by atoms with Crippen LogP contribution < -0.4 is 0 Å². The van der Waals surface area contributed by atoms with E-state index in [1.807, 2.05) is 6.07 Å². The van der Waals surface area contributed by atoms with Crippen molar-refractivity contribution in [2.45, 2.75) is 52.4 Å². The van der Waals surface area contributed by atoms with Crippen LogP contribution in [0.4, 0.5) is 0 Å². The smallest absolute Gasteiger partial charge is 0.192 e. The molecule has 3 heteroatoms. The normalized spacial score (nSPS) is 12.6. The number of hydrogen-bond donors (Lipinski definition) is 0. The molecule has 0 unspecified atom stereocenters. The van der Waals surface area contributed by atoms with Gasteiger partial charge in [-0.25, -0.2) is 0 Å². The summed E-state index contributed by atoms with van der Waals surface area (Å²) in [6, 6.07) is 4.06. The lowest BCUT2D eigenvalue weighted by atomic mass is 10.2. The van der Waals surface area contributed by atoms with Crippen molar-refractivity contribution in [1.29, 1.82) is 0 Å². The van der Waals surface area contributed by atoms with Crippen molar-refractivity contribution < 1.29 is 4.43 Å². The maximum absolute atomic E-state index is 6.20. The van der Waals surface area contributed by atoms with E-state index >= 15 is 0 Å². The molecule has 1 rings (SSSR count). The topological polar surface area (TPSA) is 22.1 Å². The van der Waals surface area contributed by atoms with E-state index in [0.717, 1.165) is 11.4 Å². The van der Waals surface area contributed by atoms with Gasteiger partial charge in [0.2, 0.25) is 0 Å². The van der Waals surface area contributed by atoms with Crippen LogP contribution in [0.1, 0.15) is 37.7 Å². The van der Waals surface area contributed by atoms with E-state index in [9.17, 15) is 0 Å². The molecule has 0 spiro atoms. The number of aryl methyl sites for hydroxylation is 1. The largest absolute Gasteiger partial charge is 0.411 e. The number of rotatable bonds is 4. The fraction of sp³-hybridized carbons (Fsp3) is 0.533. The molecule has 2 nitrogen and oxygen atoms in total. The molecule has 0 fully saturated rings. The van der Waals surface area contributed by atoms with Crippen molar-refractivity contribution in [3.63, 3.8) is 0 Å². The highest BCUT2D eigenvalue weighted by molar-refractivity contribution is 6.74. The Hall–Kier alpha value is -0.933. The molecular weight excluding hydrogens is 238 g/mol. The van der Waals surface area contributed by atoms with Gasteiger partial charge in [-0.3, -0.25) is 4.98 Å². The number of pyridine rings is 1. The lowest BCUT2D eigenvalue weighted by molar-refractivity contribution is 0.271. The highest BCUT2D eigenvalue weighted by atomic mass is 28.4. The molecule has 0 N–H and O–H groups in total. The zero-order chi connectivity index (χ0) is 14.0. The molecule has 0 atom stereocenters. The minimum Gasteiger partial charge on any atom is -0.411 e. The summed E-state index contributed by atoms with van der Waals surface area (Å²) >= 11 is 0. The lowest BCUT2D eigenvalue weighted by Gasteiger charge is -2.36. The molecule has 0 aliphatic heterocycles. The molecule has 0 bridgehead atoms. The first-order valence-corrected chi connectivity index (χ1v) is 9.31. The number of aromatic nitrogens is 1. The van der Waals surface area contributed by atoms with Gasteiger partial charge in [-0.05, 0) is 42.8 Å². The molecule has 1 heterocycles. The van der Waals surface area contributed by atoms with Crippen LogP contribution >= 0.6 is 0 Å². The van der Waals surface area contributed by atoms with Crippen LogP contribution in [-0.4, -0.2) is 13.3 Å². The molecule has 100 valence electrons. The summed E-state index contributed by atoms with van der Waals surface area (Å²) in [5.41, 5.74) is 3.12. The first-order valence-electron chi connectivity index (χ1n) is 6.40. The Morgan fingerprint density at radius 1 is 1.33 bits per heavy atom.